The van der Waals surface area contributed by atoms with Crippen molar-refractivity contribution < 1.29 is 0 Å². The first-order chi connectivity index (χ1) is 8.50. The van der Waals surface area contributed by atoms with Crippen LogP contribution in [0.2, 0.25) is 5.02 Å². The quantitative estimate of drug-likeness (QED) is 0.743. The van der Waals surface area contributed by atoms with Gasteiger partial charge in [-0.25, -0.2) is 0 Å². The summed E-state index contributed by atoms with van der Waals surface area (Å²) in [6.45, 7) is 11.1. The van der Waals surface area contributed by atoms with Crippen LogP contribution in [0.4, 0.5) is 0 Å². The molecule has 0 unspecified atom stereocenters. The molecule has 0 atom stereocenters. The van der Waals surface area contributed by atoms with Crippen molar-refractivity contribution in [2.24, 2.45) is 0 Å². The molecule has 0 N–H and O–H groups in total. The Labute approximate surface area is 114 Å². The number of hydrogen-bond donors (Lipinski definition) is 0. The molecule has 0 bridgehead atoms. The van der Waals surface area contributed by atoms with Crippen LogP contribution in [-0.4, -0.2) is 4.57 Å². The van der Waals surface area contributed by atoms with E-state index in [-0.39, 0.29) is 0 Å². The average Bonchev–Trinajstić information content (AvgIpc) is 2.60. The van der Waals surface area contributed by atoms with Crippen LogP contribution in [0.25, 0.3) is 5.57 Å². The lowest BCUT2D eigenvalue weighted by Crippen LogP contribution is -2.04. The standard InChI is InChI=1S/C16H18ClN/c1-11(2)15-9-12(3)18(13(15)4)10-14-7-5-6-8-16(14)17/h5-9H,1,10H2,2-4H3. The topological polar surface area (TPSA) is 4.93 Å². The zero-order valence-corrected chi connectivity index (χ0v) is 11.9. The molecule has 2 heteroatoms. The maximum absolute atomic E-state index is 6.22. The lowest BCUT2D eigenvalue weighted by atomic mass is 10.1. The van der Waals surface area contributed by atoms with E-state index in [1.54, 1.807) is 0 Å². The second kappa shape index (κ2) is 5.03. The molecule has 0 saturated carbocycles. The van der Waals surface area contributed by atoms with Crippen LogP contribution in [-0.2, 0) is 6.54 Å². The first-order valence-electron chi connectivity index (χ1n) is 6.06. The fraction of sp³-hybridized carbons (Fsp3) is 0.250. The molecule has 1 aromatic heterocycles. The Balaban J connectivity index is 2.41. The second-order valence-corrected chi connectivity index (χ2v) is 5.15. The van der Waals surface area contributed by atoms with Crippen molar-refractivity contribution in [2.45, 2.75) is 27.3 Å². The van der Waals surface area contributed by atoms with Gasteiger partial charge < -0.3 is 4.57 Å². The van der Waals surface area contributed by atoms with Crippen LogP contribution in [0.3, 0.4) is 0 Å². The Morgan fingerprint density at radius 2 is 1.94 bits per heavy atom. The maximum Gasteiger partial charge on any atom is 0.0490 e. The molecule has 0 saturated heterocycles. The number of nitrogens with zero attached hydrogens (tertiary/aromatic N) is 1. The Kier molecular flexibility index (Phi) is 3.63. The minimum Gasteiger partial charge on any atom is -0.344 e. The number of allylic oxidation sites excluding steroid dienone is 1. The molecule has 0 aliphatic rings. The van der Waals surface area contributed by atoms with Crippen LogP contribution in [0.5, 0.6) is 0 Å². The van der Waals surface area contributed by atoms with Gasteiger partial charge in [-0.1, -0.05) is 36.4 Å². The first kappa shape index (κ1) is 13.0. The van der Waals surface area contributed by atoms with E-state index in [1.165, 1.54) is 17.0 Å². The Hall–Kier alpha value is -1.47. The van der Waals surface area contributed by atoms with E-state index >= 15 is 0 Å². The van der Waals surface area contributed by atoms with Gasteiger partial charge in [0.25, 0.3) is 0 Å². The Morgan fingerprint density at radius 3 is 2.50 bits per heavy atom. The third-order valence-electron chi connectivity index (χ3n) is 3.32. The highest BCUT2D eigenvalue weighted by molar-refractivity contribution is 6.31. The summed E-state index contributed by atoms with van der Waals surface area (Å²) in [6, 6.07) is 10.2. The van der Waals surface area contributed by atoms with Gasteiger partial charge in [0.05, 0.1) is 0 Å². The lowest BCUT2D eigenvalue weighted by Gasteiger charge is -2.11. The largest absolute Gasteiger partial charge is 0.344 e. The molecule has 0 amide bonds. The van der Waals surface area contributed by atoms with Crippen LogP contribution in [0.1, 0.15) is 29.4 Å². The molecule has 0 aliphatic heterocycles. The van der Waals surface area contributed by atoms with Crippen molar-refractivity contribution in [1.29, 1.82) is 0 Å². The summed E-state index contributed by atoms with van der Waals surface area (Å²) in [6.07, 6.45) is 0. The van der Waals surface area contributed by atoms with E-state index < -0.39 is 0 Å². The van der Waals surface area contributed by atoms with Gasteiger partial charge in [0.2, 0.25) is 0 Å². The monoisotopic (exact) mass is 259 g/mol. The minimum atomic E-state index is 0.810. The predicted molar refractivity (Wildman–Crippen MR) is 79.2 cm³/mol. The Morgan fingerprint density at radius 1 is 1.28 bits per heavy atom. The molecule has 2 aromatic rings. The molecular formula is C16H18ClN. The van der Waals surface area contributed by atoms with Gasteiger partial charge in [-0.2, -0.15) is 0 Å². The number of halogens is 1. The van der Waals surface area contributed by atoms with Crippen molar-refractivity contribution in [1.82, 2.24) is 4.57 Å². The first-order valence-corrected chi connectivity index (χ1v) is 6.44. The summed E-state index contributed by atoms with van der Waals surface area (Å²) in [5.41, 5.74) is 5.98. The second-order valence-electron chi connectivity index (χ2n) is 4.74. The van der Waals surface area contributed by atoms with Gasteiger partial charge in [0, 0.05) is 23.0 Å². The third-order valence-corrected chi connectivity index (χ3v) is 3.69. The van der Waals surface area contributed by atoms with E-state index in [4.69, 9.17) is 11.6 Å². The molecular weight excluding hydrogens is 242 g/mol. The van der Waals surface area contributed by atoms with E-state index in [9.17, 15) is 0 Å². The zero-order valence-electron chi connectivity index (χ0n) is 11.1. The highest BCUT2D eigenvalue weighted by Gasteiger charge is 2.10. The Bertz CT molecular complexity index is 593. The molecule has 94 valence electrons. The average molecular weight is 260 g/mol. The molecule has 0 radical (unpaired) electrons. The minimum absolute atomic E-state index is 0.810. The maximum atomic E-state index is 6.22. The normalized spacial score (nSPS) is 10.7. The molecule has 18 heavy (non-hydrogen) atoms. The van der Waals surface area contributed by atoms with E-state index in [0.717, 1.165) is 22.7 Å². The van der Waals surface area contributed by atoms with Crippen LogP contribution < -0.4 is 0 Å². The van der Waals surface area contributed by atoms with Crippen LogP contribution in [0, 0.1) is 13.8 Å². The smallest absolute Gasteiger partial charge is 0.0490 e. The SMILES string of the molecule is C=C(C)c1cc(C)n(Cc2ccccc2Cl)c1C. The van der Waals surface area contributed by atoms with Crippen LogP contribution in [0.15, 0.2) is 36.9 Å². The number of rotatable bonds is 3. The summed E-state index contributed by atoms with van der Waals surface area (Å²) < 4.78 is 2.28. The number of benzene rings is 1. The molecule has 1 aromatic carbocycles. The summed E-state index contributed by atoms with van der Waals surface area (Å²) in [7, 11) is 0. The van der Waals surface area contributed by atoms with Gasteiger partial charge in [-0.3, -0.25) is 0 Å². The lowest BCUT2D eigenvalue weighted by molar-refractivity contribution is 0.749. The third kappa shape index (κ3) is 2.37. The van der Waals surface area contributed by atoms with Gasteiger partial charge in [0.1, 0.15) is 0 Å². The van der Waals surface area contributed by atoms with E-state index in [0.29, 0.717) is 0 Å². The molecule has 1 nitrogen and oxygen atoms in total. The number of aryl methyl sites for hydroxylation is 1. The summed E-state index contributed by atoms with van der Waals surface area (Å²) >= 11 is 6.22. The molecule has 0 fully saturated rings. The summed E-state index contributed by atoms with van der Waals surface area (Å²) in [5, 5.41) is 0.821. The van der Waals surface area contributed by atoms with Crippen molar-refractivity contribution in [2.75, 3.05) is 0 Å². The van der Waals surface area contributed by atoms with E-state index in [2.05, 4.69) is 37.1 Å². The highest BCUT2D eigenvalue weighted by Crippen LogP contribution is 2.24. The fourth-order valence-corrected chi connectivity index (χ4v) is 2.47. The van der Waals surface area contributed by atoms with E-state index in [1.807, 2.05) is 25.1 Å². The molecule has 0 aliphatic carbocycles. The van der Waals surface area contributed by atoms with Crippen molar-refractivity contribution >= 4 is 17.2 Å². The highest BCUT2D eigenvalue weighted by atomic mass is 35.5. The van der Waals surface area contributed by atoms with Crippen molar-refractivity contribution in [3.63, 3.8) is 0 Å². The summed E-state index contributed by atoms with van der Waals surface area (Å²) in [4.78, 5) is 0. The van der Waals surface area contributed by atoms with Gasteiger partial charge in [0.15, 0.2) is 0 Å². The number of aromatic nitrogens is 1. The number of hydrogen-bond acceptors (Lipinski definition) is 0. The predicted octanol–water partition coefficient (Wildman–Crippen LogP) is 4.84. The molecule has 0 spiro atoms. The van der Waals surface area contributed by atoms with Crippen LogP contribution >= 0.6 is 11.6 Å². The van der Waals surface area contributed by atoms with Gasteiger partial charge in [-0.15, -0.1) is 0 Å². The van der Waals surface area contributed by atoms with Crippen molar-refractivity contribution in [3.8, 4) is 0 Å². The fourth-order valence-electron chi connectivity index (χ4n) is 2.27. The van der Waals surface area contributed by atoms with Gasteiger partial charge >= 0.3 is 0 Å². The zero-order chi connectivity index (χ0) is 13.3. The molecule has 1 heterocycles. The molecule has 2 rings (SSSR count). The summed E-state index contributed by atoms with van der Waals surface area (Å²) in [5.74, 6) is 0. The van der Waals surface area contributed by atoms with Crippen molar-refractivity contribution in [3.05, 3.63) is 64.4 Å². The van der Waals surface area contributed by atoms with Gasteiger partial charge in [-0.05, 0) is 49.6 Å².